The number of nitrogens with zero attached hydrogens (tertiary/aromatic N) is 1. The van der Waals surface area contributed by atoms with E-state index in [2.05, 4.69) is 21.3 Å². The minimum atomic E-state index is -1.42. The number of carboxylic acids is 1. The Morgan fingerprint density at radius 1 is 0.694 bits per heavy atom. The van der Waals surface area contributed by atoms with Crippen molar-refractivity contribution in [2.45, 2.75) is 25.6 Å². The number of carboxylic acid groups (broad SMARTS) is 1. The van der Waals surface area contributed by atoms with Crippen molar-refractivity contribution in [2.75, 3.05) is 35.1 Å². The van der Waals surface area contributed by atoms with Crippen LogP contribution in [0.4, 0.5) is 22.7 Å². The maximum absolute atomic E-state index is 13.5. The number of phenolic OH excluding ortho intramolecular Hbond substituents is 2. The first kappa shape index (κ1) is 43.2. The molecule has 1 fully saturated rings. The molecule has 10 N–H and O–H groups in total. The number of carbonyl (C=O) groups is 6. The molecule has 0 aromatic heterocycles. The maximum Gasteiger partial charge on any atom is 0.339 e. The third kappa shape index (κ3) is 9.24. The summed E-state index contributed by atoms with van der Waals surface area (Å²) in [5, 5.41) is 50.5. The molecule has 1 saturated heterocycles. The minimum Gasteiger partial charge on any atom is -0.508 e. The zero-order chi connectivity index (χ0) is 44.8. The van der Waals surface area contributed by atoms with Crippen molar-refractivity contribution in [1.82, 2.24) is 5.32 Å². The number of ether oxygens (including phenoxy) is 2. The number of methoxy groups -OCH3 is 2. The average molecular weight is 845 g/mol. The van der Waals surface area contributed by atoms with Crippen LogP contribution in [0.15, 0.2) is 103 Å². The summed E-state index contributed by atoms with van der Waals surface area (Å²) in [6.45, 7) is 1.64. The molecule has 5 aromatic carbocycles. The predicted octanol–water partition coefficient (Wildman–Crippen LogP) is 4.89. The molecule has 5 amide bonds. The van der Waals surface area contributed by atoms with Gasteiger partial charge in [0.05, 0.1) is 37.3 Å². The van der Waals surface area contributed by atoms with Crippen molar-refractivity contribution in [1.29, 1.82) is 0 Å². The van der Waals surface area contributed by atoms with Crippen LogP contribution >= 0.6 is 0 Å². The van der Waals surface area contributed by atoms with Crippen LogP contribution < -0.4 is 41.4 Å². The second-order valence-corrected chi connectivity index (χ2v) is 13.8. The van der Waals surface area contributed by atoms with Crippen LogP contribution in [0, 0.1) is 0 Å². The van der Waals surface area contributed by atoms with Crippen molar-refractivity contribution >= 4 is 64.3 Å². The third-order valence-electron chi connectivity index (χ3n) is 9.74. The lowest BCUT2D eigenvalue weighted by atomic mass is 10.1. The van der Waals surface area contributed by atoms with Gasteiger partial charge >= 0.3 is 5.97 Å². The molecule has 0 bridgehead atoms. The number of aromatic carboxylic acids is 1. The highest BCUT2D eigenvalue weighted by atomic mass is 16.5. The quantitative estimate of drug-likeness (QED) is 0.0716. The molecule has 2 atom stereocenters. The lowest BCUT2D eigenvalue weighted by Crippen LogP contribution is -2.43. The highest BCUT2D eigenvalue weighted by Gasteiger charge is 2.39. The van der Waals surface area contributed by atoms with Gasteiger partial charge in [-0.2, -0.15) is 0 Å². The van der Waals surface area contributed by atoms with E-state index >= 15 is 0 Å². The Hall–Kier alpha value is -8.38. The summed E-state index contributed by atoms with van der Waals surface area (Å²) in [7, 11) is 2.37. The SMILES string of the molecule is COc1c(NC(=O)c2ccc(NC(=O)c3ccc(N4C(=O)[C@@H](NC(=O)c5ccc(NC(=O)/C(C)=C/c6ccc(O)cc6)cc5)CC4N)cc3)c(OC)c2O)ccc(C(=O)O)c1O. The second-order valence-electron chi connectivity index (χ2n) is 13.8. The van der Waals surface area contributed by atoms with E-state index in [9.17, 15) is 49.2 Å². The van der Waals surface area contributed by atoms with Gasteiger partial charge in [0.25, 0.3) is 29.5 Å². The van der Waals surface area contributed by atoms with Gasteiger partial charge in [0, 0.05) is 34.5 Å². The van der Waals surface area contributed by atoms with E-state index in [0.717, 1.165) is 11.6 Å². The van der Waals surface area contributed by atoms with Crippen LogP contribution in [0.5, 0.6) is 28.7 Å². The third-order valence-corrected chi connectivity index (χ3v) is 9.74. The van der Waals surface area contributed by atoms with Crippen LogP contribution in [0.1, 0.15) is 60.3 Å². The van der Waals surface area contributed by atoms with Gasteiger partial charge in [-0.25, -0.2) is 4.79 Å². The number of hydrogen-bond donors (Lipinski definition) is 9. The van der Waals surface area contributed by atoms with Crippen LogP contribution in [-0.4, -0.2) is 82.4 Å². The van der Waals surface area contributed by atoms with Crippen molar-refractivity contribution in [3.05, 3.63) is 130 Å². The topological polar surface area (TPSA) is 279 Å². The van der Waals surface area contributed by atoms with E-state index < -0.39 is 58.9 Å². The largest absolute Gasteiger partial charge is 0.508 e. The molecule has 0 aliphatic carbocycles. The zero-order valence-corrected chi connectivity index (χ0v) is 33.3. The fourth-order valence-electron chi connectivity index (χ4n) is 6.55. The van der Waals surface area contributed by atoms with Gasteiger partial charge < -0.3 is 56.9 Å². The lowest BCUT2D eigenvalue weighted by Gasteiger charge is -2.21. The fraction of sp³-hybridized carbons (Fsp3) is 0.136. The zero-order valence-electron chi connectivity index (χ0n) is 33.3. The van der Waals surface area contributed by atoms with E-state index in [-0.39, 0.29) is 57.6 Å². The first-order chi connectivity index (χ1) is 29.6. The highest BCUT2D eigenvalue weighted by molar-refractivity contribution is 6.11. The number of benzene rings is 5. The molecular weight excluding hydrogens is 805 g/mol. The van der Waals surface area contributed by atoms with E-state index in [1.54, 1.807) is 37.3 Å². The minimum absolute atomic E-state index is 0.000560. The van der Waals surface area contributed by atoms with Gasteiger partial charge in [-0.3, -0.25) is 28.9 Å². The Balaban J connectivity index is 1.06. The molecular formula is C44H40N6O12. The van der Waals surface area contributed by atoms with Crippen LogP contribution in [0.2, 0.25) is 0 Å². The second kappa shape index (κ2) is 18.3. The van der Waals surface area contributed by atoms with E-state index in [0.29, 0.717) is 16.9 Å². The first-order valence-corrected chi connectivity index (χ1v) is 18.6. The molecule has 18 heteroatoms. The van der Waals surface area contributed by atoms with E-state index in [1.807, 2.05) is 0 Å². The summed E-state index contributed by atoms with van der Waals surface area (Å²) in [6.07, 6.45) is 0.955. The van der Waals surface area contributed by atoms with Crippen LogP contribution in [-0.2, 0) is 9.59 Å². The Morgan fingerprint density at radius 2 is 1.23 bits per heavy atom. The van der Waals surface area contributed by atoms with Gasteiger partial charge in [-0.15, -0.1) is 0 Å². The normalized spacial score (nSPS) is 14.7. The highest BCUT2D eigenvalue weighted by Crippen LogP contribution is 2.40. The number of nitrogens with one attached hydrogen (secondary N) is 4. The van der Waals surface area contributed by atoms with Crippen LogP contribution in [0.25, 0.3) is 6.08 Å². The number of anilines is 4. The molecule has 5 aromatic rings. The summed E-state index contributed by atoms with van der Waals surface area (Å²) in [5.41, 5.74) is 7.82. The first-order valence-electron chi connectivity index (χ1n) is 18.6. The molecule has 318 valence electrons. The molecule has 1 heterocycles. The molecule has 0 spiro atoms. The molecule has 0 radical (unpaired) electrons. The molecule has 62 heavy (non-hydrogen) atoms. The van der Waals surface area contributed by atoms with Gasteiger partial charge in [0.15, 0.2) is 23.0 Å². The number of nitrogens with two attached hydrogens (primary N) is 1. The van der Waals surface area contributed by atoms with Crippen molar-refractivity contribution in [2.24, 2.45) is 5.73 Å². The summed E-state index contributed by atoms with van der Waals surface area (Å²) in [5.74, 6) is -6.13. The Labute approximate surface area is 353 Å². The number of amides is 5. The molecule has 1 unspecified atom stereocenters. The van der Waals surface area contributed by atoms with Crippen molar-refractivity contribution in [3.8, 4) is 28.7 Å². The summed E-state index contributed by atoms with van der Waals surface area (Å²) < 4.78 is 10.4. The number of aromatic hydroxyl groups is 3. The van der Waals surface area contributed by atoms with Gasteiger partial charge in [-0.05, 0) is 103 Å². The molecule has 0 saturated carbocycles. The molecule has 18 nitrogen and oxygen atoms in total. The smallest absolute Gasteiger partial charge is 0.339 e. The molecule has 6 rings (SSSR count). The number of carbonyl (C=O) groups excluding carboxylic acids is 5. The summed E-state index contributed by atoms with van der Waals surface area (Å²) >= 11 is 0. The van der Waals surface area contributed by atoms with E-state index in [1.165, 1.54) is 85.8 Å². The molecule has 1 aliphatic heterocycles. The lowest BCUT2D eigenvalue weighted by molar-refractivity contribution is -0.118. The summed E-state index contributed by atoms with van der Waals surface area (Å²) in [6, 6.07) is 22.2. The Bertz CT molecular complexity index is 2610. The van der Waals surface area contributed by atoms with Crippen molar-refractivity contribution in [3.63, 3.8) is 0 Å². The number of phenols is 3. The van der Waals surface area contributed by atoms with Gasteiger partial charge in [0.1, 0.15) is 17.4 Å². The van der Waals surface area contributed by atoms with Crippen LogP contribution in [0.3, 0.4) is 0 Å². The van der Waals surface area contributed by atoms with Gasteiger partial charge in [0.2, 0.25) is 0 Å². The Kier molecular flexibility index (Phi) is 12.7. The molecule has 1 aliphatic rings. The Morgan fingerprint density at radius 3 is 1.81 bits per heavy atom. The standard InChI is InChI=1S/C44H40N6O12/c1-22(20-23-4-14-28(51)15-5-23)39(54)46-26-10-6-24(7-11-26)41(56)49-33-21-34(45)50(43(33)58)27-12-8-25(9-13-27)40(55)47-31-18-16-29(35(52)37(31)61-2)42(57)48-32-19-17-30(44(59)60)36(53)38(32)62-3/h4-20,33-34,51-53H,21,45H2,1-3H3,(H,46,54)(H,47,55)(H,48,57)(H,49,56)(H,59,60)/b22-20+/t33-,34?/m0/s1. The number of rotatable bonds is 13. The number of hydrogen-bond acceptors (Lipinski definition) is 12. The fourth-order valence-corrected chi connectivity index (χ4v) is 6.55. The van der Waals surface area contributed by atoms with E-state index in [4.69, 9.17) is 15.2 Å². The maximum atomic E-state index is 13.5. The van der Waals surface area contributed by atoms with Crippen molar-refractivity contribution < 1.29 is 58.7 Å². The van der Waals surface area contributed by atoms with Gasteiger partial charge in [-0.1, -0.05) is 12.1 Å². The summed E-state index contributed by atoms with van der Waals surface area (Å²) in [4.78, 5) is 78.4. The average Bonchev–Trinajstić information content (AvgIpc) is 3.52. The predicted molar refractivity (Wildman–Crippen MR) is 227 cm³/mol. The monoisotopic (exact) mass is 844 g/mol.